The number of hydrogen-bond acceptors (Lipinski definition) is 7. The Morgan fingerprint density at radius 3 is 2.70 bits per heavy atom. The Hall–Kier alpha value is -3.37. The van der Waals surface area contributed by atoms with Gasteiger partial charge in [0.2, 0.25) is 11.8 Å². The topological polar surface area (TPSA) is 112 Å². The van der Waals surface area contributed by atoms with Crippen molar-refractivity contribution >= 4 is 40.2 Å². The molecular formula is C30H36N4O5S. The minimum absolute atomic E-state index is 0.00162. The maximum absolute atomic E-state index is 13.5. The third-order valence-electron chi connectivity index (χ3n) is 7.70. The molecule has 2 aliphatic rings. The van der Waals surface area contributed by atoms with Crippen LogP contribution in [0.2, 0.25) is 0 Å². The number of fused-ring (bicyclic) bond motifs is 1. The van der Waals surface area contributed by atoms with Crippen LogP contribution in [0.1, 0.15) is 38.5 Å². The Labute approximate surface area is 238 Å². The fraction of sp³-hybridized carbons (Fsp3) is 0.467. The molecule has 212 valence electrons. The molecule has 2 N–H and O–H groups in total. The highest BCUT2D eigenvalue weighted by atomic mass is 32.2. The molecule has 3 aromatic rings. The average Bonchev–Trinajstić information content (AvgIpc) is 3.51. The van der Waals surface area contributed by atoms with Crippen LogP contribution in [-0.4, -0.2) is 53.5 Å². The van der Waals surface area contributed by atoms with Gasteiger partial charge in [-0.3, -0.25) is 19.0 Å². The van der Waals surface area contributed by atoms with Crippen LogP contribution in [0.5, 0.6) is 5.75 Å². The lowest BCUT2D eigenvalue weighted by atomic mass is 9.81. The molecule has 5 rings (SSSR count). The molecule has 2 amide bonds. The summed E-state index contributed by atoms with van der Waals surface area (Å²) in [4.78, 5) is 43.7. The summed E-state index contributed by atoms with van der Waals surface area (Å²) in [5.41, 5.74) is 1.16. The number of nitrogens with one attached hydrogen (secondary N) is 2. The van der Waals surface area contributed by atoms with Crippen LogP contribution >= 0.6 is 11.8 Å². The molecule has 2 aromatic carbocycles. The lowest BCUT2D eigenvalue weighted by Gasteiger charge is -2.29. The molecule has 2 heterocycles. The highest BCUT2D eigenvalue weighted by Gasteiger charge is 2.28. The van der Waals surface area contributed by atoms with E-state index in [0.717, 1.165) is 45.1 Å². The second-order valence-corrected chi connectivity index (χ2v) is 11.4. The minimum atomic E-state index is -0.193. The largest absolute Gasteiger partial charge is 0.497 e. The Balaban J connectivity index is 1.23. The molecule has 1 saturated heterocycles. The average molecular weight is 565 g/mol. The van der Waals surface area contributed by atoms with E-state index in [9.17, 15) is 14.4 Å². The molecule has 40 heavy (non-hydrogen) atoms. The standard InChI is InChI=1S/C30H36N4O5S/c1-38-23-7-4-6-22(16-23)32-27(35)19-40-30-33-26-10-3-2-9-25(26)29(37)34(30)18-20-11-13-21(14-12-20)28(36)31-17-24-8-5-15-39-24/h2-4,6-7,9-10,16,20-21,24H,5,8,11-15,17-19H2,1H3,(H,31,36)(H,32,35)/t20?,21?,24-/m0/s1. The predicted molar refractivity (Wildman–Crippen MR) is 156 cm³/mol. The number of nitrogens with zero attached hydrogens (tertiary/aromatic N) is 2. The van der Waals surface area contributed by atoms with Crippen LogP contribution in [0.25, 0.3) is 10.9 Å². The zero-order valence-electron chi connectivity index (χ0n) is 22.8. The Kier molecular flexibility index (Phi) is 9.38. The van der Waals surface area contributed by atoms with E-state index in [1.54, 1.807) is 29.9 Å². The summed E-state index contributed by atoms with van der Waals surface area (Å²) < 4.78 is 12.6. The number of ether oxygens (including phenoxy) is 2. The highest BCUT2D eigenvalue weighted by Crippen LogP contribution is 2.31. The summed E-state index contributed by atoms with van der Waals surface area (Å²) in [6, 6.07) is 14.5. The summed E-state index contributed by atoms with van der Waals surface area (Å²) in [6.07, 6.45) is 5.51. The molecular weight excluding hydrogens is 528 g/mol. The monoisotopic (exact) mass is 564 g/mol. The normalized spacial score (nSPS) is 20.8. The van der Waals surface area contributed by atoms with Gasteiger partial charge >= 0.3 is 0 Å². The highest BCUT2D eigenvalue weighted by molar-refractivity contribution is 7.99. The number of benzene rings is 2. The molecule has 0 radical (unpaired) electrons. The number of hydrogen-bond donors (Lipinski definition) is 2. The SMILES string of the molecule is COc1cccc(NC(=O)CSc2nc3ccccc3c(=O)n2CC2CCC(C(=O)NC[C@@H]3CCCO3)CC2)c1. The van der Waals surface area contributed by atoms with Gasteiger partial charge in [-0.1, -0.05) is 30.0 Å². The van der Waals surface area contributed by atoms with Gasteiger partial charge in [-0.15, -0.1) is 0 Å². The van der Waals surface area contributed by atoms with Gasteiger partial charge in [0.25, 0.3) is 5.56 Å². The first-order valence-corrected chi connectivity index (χ1v) is 14.9. The molecule has 0 bridgehead atoms. The fourth-order valence-corrected chi connectivity index (χ4v) is 6.28. The first-order valence-electron chi connectivity index (χ1n) is 14.0. The van der Waals surface area contributed by atoms with E-state index in [0.29, 0.717) is 40.6 Å². The summed E-state index contributed by atoms with van der Waals surface area (Å²) >= 11 is 1.26. The first kappa shape index (κ1) is 28.2. The van der Waals surface area contributed by atoms with Crippen molar-refractivity contribution in [1.29, 1.82) is 0 Å². The van der Waals surface area contributed by atoms with E-state index in [2.05, 4.69) is 10.6 Å². The third kappa shape index (κ3) is 7.03. The number of para-hydroxylation sites is 1. The van der Waals surface area contributed by atoms with Crippen LogP contribution in [0.4, 0.5) is 5.69 Å². The quantitative estimate of drug-likeness (QED) is 0.280. The second kappa shape index (κ2) is 13.3. The number of anilines is 1. The number of methoxy groups -OCH3 is 1. The van der Waals surface area contributed by atoms with Gasteiger partial charge in [0.1, 0.15) is 5.75 Å². The number of amides is 2. The molecule has 9 nitrogen and oxygen atoms in total. The van der Waals surface area contributed by atoms with Crippen molar-refractivity contribution in [1.82, 2.24) is 14.9 Å². The van der Waals surface area contributed by atoms with Crippen LogP contribution in [0.3, 0.4) is 0 Å². The number of rotatable bonds is 10. The van der Waals surface area contributed by atoms with E-state index < -0.39 is 0 Å². The summed E-state index contributed by atoms with van der Waals surface area (Å²) in [5.74, 6) is 0.940. The molecule has 1 aliphatic carbocycles. The molecule has 1 atom stereocenters. The summed E-state index contributed by atoms with van der Waals surface area (Å²) in [6.45, 7) is 1.88. The van der Waals surface area contributed by atoms with E-state index in [1.807, 2.05) is 30.3 Å². The fourth-order valence-electron chi connectivity index (χ4n) is 5.48. The molecule has 2 fully saturated rings. The molecule has 10 heteroatoms. The predicted octanol–water partition coefficient (Wildman–Crippen LogP) is 4.24. The maximum atomic E-state index is 13.5. The van der Waals surface area contributed by atoms with Crippen LogP contribution < -0.4 is 20.9 Å². The first-order chi connectivity index (χ1) is 19.5. The molecule has 1 saturated carbocycles. The van der Waals surface area contributed by atoms with Crippen LogP contribution in [-0.2, 0) is 20.9 Å². The number of carbonyl (C=O) groups excluding carboxylic acids is 2. The van der Waals surface area contributed by atoms with E-state index in [-0.39, 0.29) is 41.1 Å². The van der Waals surface area contributed by atoms with Gasteiger partial charge in [-0.2, -0.15) is 0 Å². The molecule has 0 spiro atoms. The Morgan fingerprint density at radius 2 is 1.93 bits per heavy atom. The minimum Gasteiger partial charge on any atom is -0.497 e. The van der Waals surface area contributed by atoms with Crippen molar-refractivity contribution in [3.05, 3.63) is 58.9 Å². The summed E-state index contributed by atoms with van der Waals surface area (Å²) in [5, 5.41) is 7.05. The second-order valence-electron chi connectivity index (χ2n) is 10.5. The van der Waals surface area contributed by atoms with Gasteiger partial charge in [-0.05, 0) is 68.7 Å². The third-order valence-corrected chi connectivity index (χ3v) is 8.68. The zero-order valence-corrected chi connectivity index (χ0v) is 23.6. The van der Waals surface area contributed by atoms with Gasteiger partial charge in [-0.25, -0.2) is 4.98 Å². The lowest BCUT2D eigenvalue weighted by Crippen LogP contribution is -2.38. The van der Waals surface area contributed by atoms with E-state index >= 15 is 0 Å². The van der Waals surface area contributed by atoms with Gasteiger partial charge in [0.15, 0.2) is 5.16 Å². The smallest absolute Gasteiger partial charge is 0.262 e. The van der Waals surface area contributed by atoms with Crippen LogP contribution in [0, 0.1) is 11.8 Å². The number of thioether (sulfide) groups is 1. The van der Waals surface area contributed by atoms with Crippen molar-refractivity contribution in [3.8, 4) is 5.75 Å². The molecule has 1 aromatic heterocycles. The van der Waals surface area contributed by atoms with Crippen LogP contribution in [0.15, 0.2) is 58.5 Å². The van der Waals surface area contributed by atoms with Gasteiger partial charge in [0, 0.05) is 37.4 Å². The number of carbonyl (C=O) groups is 2. The van der Waals surface area contributed by atoms with Crippen molar-refractivity contribution in [2.24, 2.45) is 11.8 Å². The van der Waals surface area contributed by atoms with Crippen molar-refractivity contribution in [2.45, 2.75) is 56.3 Å². The van der Waals surface area contributed by atoms with Crippen molar-refractivity contribution < 1.29 is 19.1 Å². The number of aromatic nitrogens is 2. The molecule has 0 unspecified atom stereocenters. The maximum Gasteiger partial charge on any atom is 0.262 e. The Morgan fingerprint density at radius 1 is 1.10 bits per heavy atom. The summed E-state index contributed by atoms with van der Waals surface area (Å²) in [7, 11) is 1.58. The Bertz CT molecular complexity index is 1400. The van der Waals surface area contributed by atoms with Gasteiger partial charge < -0.3 is 20.1 Å². The zero-order chi connectivity index (χ0) is 27.9. The van der Waals surface area contributed by atoms with E-state index in [4.69, 9.17) is 14.5 Å². The van der Waals surface area contributed by atoms with Gasteiger partial charge in [0.05, 0.1) is 29.9 Å². The van der Waals surface area contributed by atoms with E-state index in [1.165, 1.54) is 11.8 Å². The van der Waals surface area contributed by atoms with Crippen molar-refractivity contribution in [3.63, 3.8) is 0 Å². The van der Waals surface area contributed by atoms with Crippen molar-refractivity contribution in [2.75, 3.05) is 31.3 Å². The lowest BCUT2D eigenvalue weighted by molar-refractivity contribution is -0.126. The molecule has 1 aliphatic heterocycles.